The molecule has 122 valence electrons. The molecule has 1 aromatic rings. The van der Waals surface area contributed by atoms with Crippen LogP contribution in [0.2, 0.25) is 15.1 Å². The lowest BCUT2D eigenvalue weighted by Crippen LogP contribution is -3.11. The van der Waals surface area contributed by atoms with Crippen molar-refractivity contribution in [3.63, 3.8) is 0 Å². The van der Waals surface area contributed by atoms with Gasteiger partial charge in [0.15, 0.2) is 13.1 Å². The Morgan fingerprint density at radius 1 is 1.09 bits per heavy atom. The number of nitrogens with one attached hydrogen (secondary N) is 3. The Morgan fingerprint density at radius 3 is 2.09 bits per heavy atom. The van der Waals surface area contributed by atoms with E-state index in [0.29, 0.717) is 10.7 Å². The molecule has 1 aromatic carbocycles. The number of carbonyl (C=O) groups excluding carboxylic acids is 2. The highest BCUT2D eigenvalue weighted by atomic mass is 35.5. The SMILES string of the molecule is CC(C)NC(=O)C[NH+](C)CC(=O)Nc1c(Cl)cc(Cl)cc1Cl. The van der Waals surface area contributed by atoms with E-state index in [1.54, 1.807) is 7.05 Å². The highest BCUT2D eigenvalue weighted by Crippen LogP contribution is 2.33. The number of hydrogen-bond donors (Lipinski definition) is 3. The van der Waals surface area contributed by atoms with E-state index >= 15 is 0 Å². The van der Waals surface area contributed by atoms with Crippen molar-refractivity contribution in [1.29, 1.82) is 0 Å². The first kappa shape index (κ1) is 19.0. The number of amides is 2. The van der Waals surface area contributed by atoms with Gasteiger partial charge in [0.1, 0.15) is 0 Å². The van der Waals surface area contributed by atoms with E-state index in [-0.39, 0.29) is 41.0 Å². The first-order valence-corrected chi connectivity index (χ1v) is 7.87. The number of hydrogen-bond acceptors (Lipinski definition) is 2. The Morgan fingerprint density at radius 2 is 1.59 bits per heavy atom. The molecule has 1 rings (SSSR count). The number of quaternary nitrogens is 1. The topological polar surface area (TPSA) is 62.6 Å². The zero-order valence-electron chi connectivity index (χ0n) is 12.6. The Hall–Kier alpha value is -1.01. The maximum atomic E-state index is 12.0. The van der Waals surface area contributed by atoms with Crippen LogP contribution in [-0.2, 0) is 9.59 Å². The van der Waals surface area contributed by atoms with Gasteiger partial charge in [-0.2, -0.15) is 0 Å². The lowest BCUT2D eigenvalue weighted by atomic mass is 10.3. The third kappa shape index (κ3) is 6.40. The standard InChI is InChI=1S/C14H18Cl3N3O2/c1-8(2)18-12(21)6-20(3)7-13(22)19-14-10(16)4-9(15)5-11(14)17/h4-5,8H,6-7H2,1-3H3,(H,18,21)(H,19,22)/p+1. The number of benzene rings is 1. The molecule has 0 saturated heterocycles. The molecule has 0 radical (unpaired) electrons. The van der Waals surface area contributed by atoms with Crippen LogP contribution < -0.4 is 15.5 Å². The second kappa shape index (κ2) is 8.58. The van der Waals surface area contributed by atoms with Crippen LogP contribution in [0.4, 0.5) is 5.69 Å². The van der Waals surface area contributed by atoms with E-state index in [1.807, 2.05) is 13.8 Å². The summed E-state index contributed by atoms with van der Waals surface area (Å²) in [5, 5.41) is 6.33. The van der Waals surface area contributed by atoms with Gasteiger partial charge in [-0.3, -0.25) is 9.59 Å². The van der Waals surface area contributed by atoms with Gasteiger partial charge in [0.2, 0.25) is 0 Å². The van der Waals surface area contributed by atoms with Crippen molar-refractivity contribution >= 4 is 52.3 Å². The summed E-state index contributed by atoms with van der Waals surface area (Å²) in [6.45, 7) is 4.07. The molecule has 8 heteroatoms. The summed E-state index contributed by atoms with van der Waals surface area (Å²) in [5.41, 5.74) is 0.317. The van der Waals surface area contributed by atoms with Gasteiger partial charge in [0, 0.05) is 11.1 Å². The summed E-state index contributed by atoms with van der Waals surface area (Å²) in [6.07, 6.45) is 0. The van der Waals surface area contributed by atoms with E-state index in [4.69, 9.17) is 34.8 Å². The Labute approximate surface area is 144 Å². The van der Waals surface area contributed by atoms with Crippen molar-refractivity contribution in [3.05, 3.63) is 27.2 Å². The minimum Gasteiger partial charge on any atom is -0.349 e. The summed E-state index contributed by atoms with van der Waals surface area (Å²) in [7, 11) is 1.75. The quantitative estimate of drug-likeness (QED) is 0.715. The molecular weight excluding hydrogens is 349 g/mol. The number of carbonyl (C=O) groups is 2. The van der Waals surface area contributed by atoms with Crippen molar-refractivity contribution in [2.24, 2.45) is 0 Å². The average Bonchev–Trinajstić information content (AvgIpc) is 2.31. The van der Waals surface area contributed by atoms with Gasteiger partial charge in [0.05, 0.1) is 22.8 Å². The zero-order valence-corrected chi connectivity index (χ0v) is 14.9. The van der Waals surface area contributed by atoms with E-state index in [2.05, 4.69) is 10.6 Å². The summed E-state index contributed by atoms with van der Waals surface area (Å²) < 4.78 is 0. The molecule has 0 heterocycles. The number of anilines is 1. The Kier molecular flexibility index (Phi) is 7.42. The van der Waals surface area contributed by atoms with Gasteiger partial charge < -0.3 is 15.5 Å². The molecule has 2 amide bonds. The molecule has 0 aliphatic carbocycles. The van der Waals surface area contributed by atoms with E-state index in [0.717, 1.165) is 4.90 Å². The minimum absolute atomic E-state index is 0.0702. The molecule has 1 unspecified atom stereocenters. The lowest BCUT2D eigenvalue weighted by molar-refractivity contribution is -0.862. The van der Waals surface area contributed by atoms with Crippen molar-refractivity contribution in [3.8, 4) is 0 Å². The molecule has 1 atom stereocenters. The van der Waals surface area contributed by atoms with Crippen LogP contribution >= 0.6 is 34.8 Å². The van der Waals surface area contributed by atoms with Crippen molar-refractivity contribution in [1.82, 2.24) is 5.32 Å². The maximum Gasteiger partial charge on any atom is 0.279 e. The summed E-state index contributed by atoms with van der Waals surface area (Å²) in [4.78, 5) is 24.4. The van der Waals surface area contributed by atoms with Crippen molar-refractivity contribution < 1.29 is 14.5 Å². The van der Waals surface area contributed by atoms with Gasteiger partial charge in [0.25, 0.3) is 11.8 Å². The van der Waals surface area contributed by atoms with Gasteiger partial charge in [-0.15, -0.1) is 0 Å². The normalized spacial score (nSPS) is 12.1. The fourth-order valence-corrected chi connectivity index (χ4v) is 2.74. The van der Waals surface area contributed by atoms with Crippen LogP contribution in [0, 0.1) is 0 Å². The average molecular weight is 368 g/mol. The molecular formula is C14H19Cl3N3O2+. The monoisotopic (exact) mass is 366 g/mol. The summed E-state index contributed by atoms with van der Waals surface area (Å²) in [6, 6.07) is 3.06. The molecule has 0 fully saturated rings. The highest BCUT2D eigenvalue weighted by molar-refractivity contribution is 6.42. The summed E-state index contributed by atoms with van der Waals surface area (Å²) in [5.74, 6) is -0.399. The predicted octanol–water partition coefficient (Wildman–Crippen LogP) is 1.62. The second-order valence-corrected chi connectivity index (χ2v) is 6.58. The first-order valence-electron chi connectivity index (χ1n) is 6.74. The molecule has 0 bridgehead atoms. The van der Waals surface area contributed by atoms with Gasteiger partial charge in [-0.25, -0.2) is 0 Å². The Bertz CT molecular complexity index is 541. The second-order valence-electron chi connectivity index (χ2n) is 5.33. The van der Waals surface area contributed by atoms with E-state index < -0.39 is 0 Å². The molecule has 0 spiro atoms. The van der Waals surface area contributed by atoms with Crippen LogP contribution in [0.3, 0.4) is 0 Å². The molecule has 0 aliphatic heterocycles. The molecule has 3 N–H and O–H groups in total. The first-order chi connectivity index (χ1) is 10.2. The van der Waals surface area contributed by atoms with Crippen LogP contribution in [-0.4, -0.2) is 38.0 Å². The largest absolute Gasteiger partial charge is 0.349 e. The van der Waals surface area contributed by atoms with E-state index in [9.17, 15) is 9.59 Å². The highest BCUT2D eigenvalue weighted by Gasteiger charge is 2.17. The van der Waals surface area contributed by atoms with Gasteiger partial charge in [-0.1, -0.05) is 34.8 Å². The zero-order chi connectivity index (χ0) is 16.9. The molecule has 0 aliphatic rings. The third-order valence-corrected chi connectivity index (χ3v) is 3.46. The molecule has 22 heavy (non-hydrogen) atoms. The van der Waals surface area contributed by atoms with Crippen molar-refractivity contribution in [2.45, 2.75) is 19.9 Å². The number of likely N-dealkylation sites (N-methyl/N-ethyl adjacent to an activating group) is 1. The smallest absolute Gasteiger partial charge is 0.279 e. The summed E-state index contributed by atoms with van der Waals surface area (Å²) >= 11 is 17.8. The molecule has 0 saturated carbocycles. The fraction of sp³-hybridized carbons (Fsp3) is 0.429. The predicted molar refractivity (Wildman–Crippen MR) is 90.0 cm³/mol. The van der Waals surface area contributed by atoms with Gasteiger partial charge in [-0.05, 0) is 26.0 Å². The van der Waals surface area contributed by atoms with Crippen molar-refractivity contribution in [2.75, 3.05) is 25.5 Å². The third-order valence-electron chi connectivity index (χ3n) is 2.65. The molecule has 5 nitrogen and oxygen atoms in total. The van der Waals surface area contributed by atoms with Crippen LogP contribution in [0.15, 0.2) is 12.1 Å². The fourth-order valence-electron chi connectivity index (χ4n) is 1.83. The van der Waals surface area contributed by atoms with E-state index in [1.165, 1.54) is 12.1 Å². The van der Waals surface area contributed by atoms with Crippen LogP contribution in [0.25, 0.3) is 0 Å². The number of halogens is 3. The van der Waals surface area contributed by atoms with Gasteiger partial charge >= 0.3 is 0 Å². The molecule has 0 aromatic heterocycles. The Balaban J connectivity index is 2.58. The van der Waals surface area contributed by atoms with Crippen LogP contribution in [0.1, 0.15) is 13.8 Å². The number of rotatable bonds is 6. The lowest BCUT2D eigenvalue weighted by Gasteiger charge is -2.15. The maximum absolute atomic E-state index is 12.0. The van der Waals surface area contributed by atoms with Crippen LogP contribution in [0.5, 0.6) is 0 Å². The minimum atomic E-state index is -0.291.